The maximum Gasteiger partial charge on any atom is 0.262 e. The molecule has 0 heterocycles. The fourth-order valence-corrected chi connectivity index (χ4v) is 1.74. The van der Waals surface area contributed by atoms with Crippen molar-refractivity contribution in [2.24, 2.45) is 0 Å². The quantitative estimate of drug-likeness (QED) is 0.484. The Morgan fingerprint density at radius 3 is 2.47 bits per heavy atom. The van der Waals surface area contributed by atoms with E-state index >= 15 is 0 Å². The summed E-state index contributed by atoms with van der Waals surface area (Å²) in [6.07, 6.45) is 0. The Morgan fingerprint density at radius 1 is 1.33 bits per heavy atom. The molecule has 0 aliphatic carbocycles. The molecule has 0 bridgehead atoms. The average molecular weight is 252 g/mol. The second-order valence-corrected chi connectivity index (χ2v) is 4.67. The molecule has 1 aromatic carbocycles. The fourth-order valence-electron chi connectivity index (χ4n) is 0.822. The highest BCUT2D eigenvalue weighted by molar-refractivity contribution is 7.89. The molecule has 1 N–H and O–H groups in total. The van der Waals surface area contributed by atoms with Gasteiger partial charge in [0.25, 0.3) is 10.0 Å². The fraction of sp³-hybridized carbons (Fsp3) is 0.250. The van der Waals surface area contributed by atoms with Gasteiger partial charge in [-0.15, -0.1) is 0 Å². The molecule has 0 aromatic heterocycles. The van der Waals surface area contributed by atoms with Crippen LogP contribution in [0.3, 0.4) is 0 Å². The first-order valence-electron chi connectivity index (χ1n) is 3.94. The SMILES string of the molecule is COCONS(=O)(=O)c1ccc(Cl)cc1. The monoisotopic (exact) mass is 251 g/mol. The largest absolute Gasteiger partial charge is 0.357 e. The summed E-state index contributed by atoms with van der Waals surface area (Å²) in [5.41, 5.74) is 0. The van der Waals surface area contributed by atoms with Crippen LogP contribution in [0.1, 0.15) is 0 Å². The van der Waals surface area contributed by atoms with Crippen LogP contribution in [0.5, 0.6) is 0 Å². The van der Waals surface area contributed by atoms with Crippen LogP contribution in [0.2, 0.25) is 5.02 Å². The molecule has 0 atom stereocenters. The van der Waals surface area contributed by atoms with E-state index < -0.39 is 10.0 Å². The van der Waals surface area contributed by atoms with Gasteiger partial charge in [-0.2, -0.15) is 0 Å². The van der Waals surface area contributed by atoms with E-state index in [0.717, 1.165) is 0 Å². The van der Waals surface area contributed by atoms with Gasteiger partial charge < -0.3 is 4.74 Å². The highest BCUT2D eigenvalue weighted by Gasteiger charge is 2.13. The van der Waals surface area contributed by atoms with Crippen LogP contribution in [0.15, 0.2) is 29.2 Å². The van der Waals surface area contributed by atoms with Crippen LogP contribution in [-0.2, 0) is 19.6 Å². The number of hydrogen-bond donors (Lipinski definition) is 1. The first kappa shape index (κ1) is 12.4. The first-order chi connectivity index (χ1) is 7.06. The minimum absolute atomic E-state index is 0.0722. The lowest BCUT2D eigenvalue weighted by Gasteiger charge is -2.05. The predicted octanol–water partition coefficient (Wildman–Crippen LogP) is 1.15. The minimum atomic E-state index is -3.66. The van der Waals surface area contributed by atoms with Crippen molar-refractivity contribution in [3.8, 4) is 0 Å². The Kier molecular flexibility index (Phi) is 4.49. The van der Waals surface area contributed by atoms with Gasteiger partial charge in [-0.05, 0) is 24.3 Å². The zero-order valence-corrected chi connectivity index (χ0v) is 9.51. The summed E-state index contributed by atoms with van der Waals surface area (Å²) >= 11 is 5.62. The summed E-state index contributed by atoms with van der Waals surface area (Å²) in [4.78, 5) is 6.51. The molecule has 0 saturated heterocycles. The number of sulfonamides is 1. The highest BCUT2D eigenvalue weighted by atomic mass is 35.5. The Balaban J connectivity index is 2.73. The number of ether oxygens (including phenoxy) is 1. The van der Waals surface area contributed by atoms with Crippen LogP contribution in [-0.4, -0.2) is 22.3 Å². The molecule has 15 heavy (non-hydrogen) atoms. The summed E-state index contributed by atoms with van der Waals surface area (Å²) in [7, 11) is -2.27. The predicted molar refractivity (Wildman–Crippen MR) is 54.7 cm³/mol. The van der Waals surface area contributed by atoms with Gasteiger partial charge in [0, 0.05) is 12.1 Å². The molecule has 84 valence electrons. The van der Waals surface area contributed by atoms with E-state index in [4.69, 9.17) is 11.6 Å². The third-order valence-corrected chi connectivity index (χ3v) is 2.95. The summed E-state index contributed by atoms with van der Waals surface area (Å²) in [5.74, 6) is 0. The third kappa shape index (κ3) is 3.77. The van der Waals surface area contributed by atoms with Gasteiger partial charge in [0.05, 0.1) is 4.90 Å². The summed E-state index contributed by atoms with van der Waals surface area (Å²) in [6, 6.07) is 5.71. The normalized spacial score (nSPS) is 11.6. The van der Waals surface area contributed by atoms with E-state index in [9.17, 15) is 8.42 Å². The molecule has 0 fully saturated rings. The summed E-state index contributed by atoms with van der Waals surface area (Å²) in [6.45, 7) is -0.160. The minimum Gasteiger partial charge on any atom is -0.357 e. The number of methoxy groups -OCH3 is 1. The van der Waals surface area contributed by atoms with Crippen LogP contribution in [0, 0.1) is 0 Å². The van der Waals surface area contributed by atoms with Crippen molar-refractivity contribution in [2.45, 2.75) is 4.90 Å². The van der Waals surface area contributed by atoms with Crippen molar-refractivity contribution < 1.29 is 18.0 Å². The molecule has 0 aliphatic rings. The molecule has 0 spiro atoms. The number of hydrogen-bond acceptors (Lipinski definition) is 4. The average Bonchev–Trinajstić information content (AvgIpc) is 2.18. The lowest BCUT2D eigenvalue weighted by molar-refractivity contribution is -0.0540. The van der Waals surface area contributed by atoms with Crippen molar-refractivity contribution in [1.82, 2.24) is 4.89 Å². The molecule has 0 radical (unpaired) electrons. The van der Waals surface area contributed by atoms with Crippen molar-refractivity contribution in [1.29, 1.82) is 0 Å². The van der Waals surface area contributed by atoms with Gasteiger partial charge >= 0.3 is 0 Å². The lowest BCUT2D eigenvalue weighted by atomic mass is 10.4. The van der Waals surface area contributed by atoms with Gasteiger partial charge in [-0.1, -0.05) is 16.5 Å². The second-order valence-electron chi connectivity index (χ2n) is 2.59. The summed E-state index contributed by atoms with van der Waals surface area (Å²) < 4.78 is 27.5. The Hall–Kier alpha value is -0.660. The maximum absolute atomic E-state index is 11.5. The molecule has 0 amide bonds. The van der Waals surface area contributed by atoms with Gasteiger partial charge in [0.2, 0.25) is 0 Å². The van der Waals surface area contributed by atoms with E-state index in [1.165, 1.54) is 31.4 Å². The van der Waals surface area contributed by atoms with Crippen molar-refractivity contribution >= 4 is 21.6 Å². The van der Waals surface area contributed by atoms with Crippen LogP contribution >= 0.6 is 11.6 Å². The van der Waals surface area contributed by atoms with E-state index in [2.05, 4.69) is 9.57 Å². The number of halogens is 1. The molecular formula is C8H10ClNO4S. The zero-order chi connectivity index (χ0) is 11.3. The molecule has 0 unspecified atom stereocenters. The number of benzene rings is 1. The van der Waals surface area contributed by atoms with Crippen molar-refractivity contribution in [3.05, 3.63) is 29.3 Å². The van der Waals surface area contributed by atoms with Crippen molar-refractivity contribution in [3.63, 3.8) is 0 Å². The molecule has 7 heteroatoms. The van der Waals surface area contributed by atoms with E-state index in [1.54, 1.807) is 0 Å². The number of rotatable bonds is 5. The van der Waals surface area contributed by atoms with Crippen LogP contribution < -0.4 is 4.89 Å². The maximum atomic E-state index is 11.5. The Bertz CT molecular complexity index is 403. The van der Waals surface area contributed by atoms with Gasteiger partial charge in [0.1, 0.15) is 0 Å². The van der Waals surface area contributed by atoms with E-state index in [1.807, 2.05) is 4.89 Å². The van der Waals surface area contributed by atoms with Gasteiger partial charge in [-0.3, -0.25) is 4.84 Å². The zero-order valence-electron chi connectivity index (χ0n) is 7.94. The van der Waals surface area contributed by atoms with Crippen LogP contribution in [0.4, 0.5) is 0 Å². The standard InChI is InChI=1S/C8H10ClNO4S/c1-13-6-14-10-15(11,12)8-4-2-7(9)3-5-8/h2-5,10H,6H2,1H3. The molecule has 0 aliphatic heterocycles. The first-order valence-corrected chi connectivity index (χ1v) is 5.80. The van der Waals surface area contributed by atoms with E-state index in [0.29, 0.717) is 5.02 Å². The van der Waals surface area contributed by atoms with Crippen LogP contribution in [0.25, 0.3) is 0 Å². The molecule has 5 nitrogen and oxygen atoms in total. The lowest BCUT2D eigenvalue weighted by Crippen LogP contribution is -2.24. The topological polar surface area (TPSA) is 64.6 Å². The number of nitrogens with one attached hydrogen (secondary N) is 1. The molecular weight excluding hydrogens is 242 g/mol. The molecule has 0 saturated carbocycles. The third-order valence-electron chi connectivity index (χ3n) is 1.47. The highest BCUT2D eigenvalue weighted by Crippen LogP contribution is 2.13. The Morgan fingerprint density at radius 2 is 1.93 bits per heavy atom. The summed E-state index contributed by atoms with van der Waals surface area (Å²) in [5, 5.41) is 0.465. The van der Waals surface area contributed by atoms with E-state index in [-0.39, 0.29) is 11.7 Å². The van der Waals surface area contributed by atoms with Gasteiger partial charge in [-0.25, -0.2) is 8.42 Å². The Labute approximate surface area is 93.0 Å². The molecule has 1 rings (SSSR count). The molecule has 1 aromatic rings. The second kappa shape index (κ2) is 5.43. The smallest absolute Gasteiger partial charge is 0.262 e. The van der Waals surface area contributed by atoms with Gasteiger partial charge in [0.15, 0.2) is 6.79 Å². The van der Waals surface area contributed by atoms with Crippen molar-refractivity contribution in [2.75, 3.05) is 13.9 Å².